The van der Waals surface area contributed by atoms with E-state index in [2.05, 4.69) is 0 Å². The maximum atomic E-state index is 13.6. The van der Waals surface area contributed by atoms with Gasteiger partial charge in [-0.2, -0.15) is 0 Å². The van der Waals surface area contributed by atoms with Gasteiger partial charge < -0.3 is 0 Å². The van der Waals surface area contributed by atoms with Crippen LogP contribution in [0.4, 0.5) is 10.1 Å². The molecule has 0 N–H and O–H groups in total. The molecule has 2 aromatic rings. The molecule has 0 aliphatic carbocycles. The summed E-state index contributed by atoms with van der Waals surface area (Å²) >= 11 is 5.78. The van der Waals surface area contributed by atoms with Crippen molar-refractivity contribution >= 4 is 17.3 Å². The zero-order valence-electron chi connectivity index (χ0n) is 8.56. The molecule has 0 aliphatic heterocycles. The second-order valence-electron chi connectivity index (χ2n) is 3.40. The molecule has 2 aromatic carbocycles. The van der Waals surface area contributed by atoms with Gasteiger partial charge in [0.2, 0.25) is 0 Å². The van der Waals surface area contributed by atoms with Crippen LogP contribution in [0.25, 0.3) is 11.1 Å². The van der Waals surface area contributed by atoms with Gasteiger partial charge in [-0.3, -0.25) is 10.1 Å². The highest BCUT2D eigenvalue weighted by atomic mass is 35.5. The Balaban J connectivity index is 2.70. The maximum absolute atomic E-state index is 13.6. The first-order chi connectivity index (χ1) is 8.09. The van der Waals surface area contributed by atoms with Crippen LogP contribution < -0.4 is 0 Å². The predicted octanol–water partition coefficient (Wildman–Crippen LogP) is 4.05. The highest BCUT2D eigenvalue weighted by molar-refractivity contribution is 6.31. The van der Waals surface area contributed by atoms with Gasteiger partial charge in [-0.15, -0.1) is 0 Å². The maximum Gasteiger partial charge on any atom is 0.277 e. The van der Waals surface area contributed by atoms with Crippen molar-refractivity contribution in [2.75, 3.05) is 0 Å². The third kappa shape index (κ3) is 2.26. The minimum atomic E-state index is -0.557. The molecule has 0 heterocycles. The lowest BCUT2D eigenvalue weighted by atomic mass is 10.0. The van der Waals surface area contributed by atoms with Crippen LogP contribution in [0, 0.1) is 15.9 Å². The molecule has 5 heteroatoms. The van der Waals surface area contributed by atoms with Crippen molar-refractivity contribution in [2.45, 2.75) is 0 Å². The molecule has 0 amide bonds. The second kappa shape index (κ2) is 4.51. The predicted molar refractivity (Wildman–Crippen MR) is 63.5 cm³/mol. The molecule has 0 radical (unpaired) electrons. The Morgan fingerprint density at radius 1 is 1.12 bits per heavy atom. The van der Waals surface area contributed by atoms with E-state index in [1.807, 2.05) is 0 Å². The fraction of sp³-hybridized carbons (Fsp3) is 0. The molecule has 2 rings (SSSR count). The number of nitrogens with zero attached hydrogens (tertiary/aromatic N) is 1. The van der Waals surface area contributed by atoms with Gasteiger partial charge in [0.1, 0.15) is 5.82 Å². The number of benzene rings is 2. The quantitative estimate of drug-likeness (QED) is 0.597. The zero-order chi connectivity index (χ0) is 12.4. The second-order valence-corrected chi connectivity index (χ2v) is 3.83. The summed E-state index contributed by atoms with van der Waals surface area (Å²) in [5, 5.41) is 11.2. The van der Waals surface area contributed by atoms with E-state index < -0.39 is 10.7 Å². The van der Waals surface area contributed by atoms with Crippen molar-refractivity contribution in [3.05, 3.63) is 63.4 Å². The van der Waals surface area contributed by atoms with E-state index in [0.717, 1.165) is 0 Å². The van der Waals surface area contributed by atoms with Gasteiger partial charge >= 0.3 is 0 Å². The summed E-state index contributed by atoms with van der Waals surface area (Å²) in [7, 11) is 0. The first-order valence-electron chi connectivity index (χ1n) is 4.78. The molecule has 0 saturated carbocycles. The highest BCUT2D eigenvalue weighted by Crippen LogP contribution is 2.33. The summed E-state index contributed by atoms with van der Waals surface area (Å²) in [5.41, 5.74) is 0.182. The molecule has 0 bridgehead atoms. The summed E-state index contributed by atoms with van der Waals surface area (Å²) in [6, 6.07) is 9.93. The van der Waals surface area contributed by atoms with Crippen LogP contribution in [0.5, 0.6) is 0 Å². The molecule has 3 nitrogen and oxygen atoms in total. The third-order valence-electron chi connectivity index (χ3n) is 2.32. The van der Waals surface area contributed by atoms with Crippen molar-refractivity contribution in [2.24, 2.45) is 0 Å². The van der Waals surface area contributed by atoms with E-state index >= 15 is 0 Å². The number of hydrogen-bond acceptors (Lipinski definition) is 2. The molecule has 86 valence electrons. The molecule has 17 heavy (non-hydrogen) atoms. The minimum Gasteiger partial charge on any atom is -0.258 e. The van der Waals surface area contributed by atoms with E-state index in [1.165, 1.54) is 36.4 Å². The zero-order valence-corrected chi connectivity index (χ0v) is 9.32. The normalized spacial score (nSPS) is 10.2. The minimum absolute atomic E-state index is 0.167. The van der Waals surface area contributed by atoms with Crippen LogP contribution in [0.2, 0.25) is 5.02 Å². The van der Waals surface area contributed by atoms with Crippen molar-refractivity contribution in [1.82, 2.24) is 0 Å². The van der Waals surface area contributed by atoms with E-state index in [1.54, 1.807) is 6.07 Å². The lowest BCUT2D eigenvalue weighted by molar-refractivity contribution is -0.384. The fourth-order valence-electron chi connectivity index (χ4n) is 1.56. The first kappa shape index (κ1) is 11.5. The van der Waals surface area contributed by atoms with E-state index in [-0.39, 0.29) is 16.8 Å². The van der Waals surface area contributed by atoms with Crippen LogP contribution in [-0.4, -0.2) is 4.92 Å². The van der Waals surface area contributed by atoms with E-state index in [4.69, 9.17) is 11.6 Å². The molecular weight excluding hydrogens is 245 g/mol. The van der Waals surface area contributed by atoms with Crippen LogP contribution in [0.1, 0.15) is 0 Å². The van der Waals surface area contributed by atoms with E-state index in [0.29, 0.717) is 5.02 Å². The Bertz CT molecular complexity index is 586. The number of nitro groups is 1. The smallest absolute Gasteiger partial charge is 0.258 e. The topological polar surface area (TPSA) is 43.1 Å². The molecular formula is C12H7ClFNO2. The average Bonchev–Trinajstić information content (AvgIpc) is 2.29. The van der Waals surface area contributed by atoms with E-state index in [9.17, 15) is 14.5 Å². The number of nitro benzene ring substituents is 1. The van der Waals surface area contributed by atoms with Crippen LogP contribution in [0.3, 0.4) is 0 Å². The number of rotatable bonds is 2. The van der Waals surface area contributed by atoms with Gasteiger partial charge in [-0.05, 0) is 18.2 Å². The Morgan fingerprint density at radius 3 is 2.47 bits per heavy atom. The molecule has 0 atom stereocenters. The Morgan fingerprint density at radius 2 is 1.82 bits per heavy atom. The lowest BCUT2D eigenvalue weighted by Crippen LogP contribution is -1.93. The Labute approximate surface area is 102 Å². The van der Waals surface area contributed by atoms with Crippen LogP contribution in [-0.2, 0) is 0 Å². The Kier molecular flexibility index (Phi) is 3.06. The van der Waals surface area contributed by atoms with Crippen LogP contribution >= 0.6 is 11.6 Å². The highest BCUT2D eigenvalue weighted by Gasteiger charge is 2.17. The number of halogens is 2. The van der Waals surface area contributed by atoms with Crippen molar-refractivity contribution in [3.63, 3.8) is 0 Å². The summed E-state index contributed by atoms with van der Waals surface area (Å²) in [6.45, 7) is 0. The average molecular weight is 252 g/mol. The van der Waals surface area contributed by atoms with Gasteiger partial charge in [0.25, 0.3) is 5.69 Å². The van der Waals surface area contributed by atoms with Gasteiger partial charge in [0, 0.05) is 16.7 Å². The summed E-state index contributed by atoms with van der Waals surface area (Å²) in [6.07, 6.45) is 0. The molecule has 0 saturated heterocycles. The first-order valence-corrected chi connectivity index (χ1v) is 5.16. The van der Waals surface area contributed by atoms with Gasteiger partial charge in [-0.1, -0.05) is 29.8 Å². The van der Waals surface area contributed by atoms with Crippen molar-refractivity contribution in [3.8, 4) is 11.1 Å². The summed E-state index contributed by atoms with van der Waals surface area (Å²) < 4.78 is 13.6. The summed E-state index contributed by atoms with van der Waals surface area (Å²) in [5.74, 6) is -0.516. The third-order valence-corrected chi connectivity index (χ3v) is 2.55. The standard InChI is InChI=1S/C12H7ClFNO2/c13-8-5-6-12(15(16)17)10(7-8)9-3-1-2-4-11(9)14/h1-7H. The molecule has 0 fully saturated rings. The van der Waals surface area contributed by atoms with Crippen LogP contribution in [0.15, 0.2) is 42.5 Å². The monoisotopic (exact) mass is 251 g/mol. The fourth-order valence-corrected chi connectivity index (χ4v) is 1.73. The lowest BCUT2D eigenvalue weighted by Gasteiger charge is -2.04. The molecule has 0 aromatic heterocycles. The molecule has 0 aliphatic rings. The molecule has 0 spiro atoms. The number of hydrogen-bond donors (Lipinski definition) is 0. The van der Waals surface area contributed by atoms with Gasteiger partial charge in [-0.25, -0.2) is 4.39 Å². The Hall–Kier alpha value is -1.94. The molecule has 0 unspecified atom stereocenters. The largest absolute Gasteiger partial charge is 0.277 e. The summed E-state index contributed by atoms with van der Waals surface area (Å²) in [4.78, 5) is 10.3. The van der Waals surface area contributed by atoms with Gasteiger partial charge in [0.05, 0.1) is 10.5 Å². The SMILES string of the molecule is O=[N+]([O-])c1ccc(Cl)cc1-c1ccccc1F. The van der Waals surface area contributed by atoms with Gasteiger partial charge in [0.15, 0.2) is 0 Å². The van der Waals surface area contributed by atoms with Crippen molar-refractivity contribution in [1.29, 1.82) is 0 Å². The van der Waals surface area contributed by atoms with Crippen molar-refractivity contribution < 1.29 is 9.31 Å².